The highest BCUT2D eigenvalue weighted by atomic mass is 35.5. The molecule has 0 radical (unpaired) electrons. The van der Waals surface area contributed by atoms with Gasteiger partial charge in [0.15, 0.2) is 0 Å². The van der Waals surface area contributed by atoms with E-state index >= 15 is 0 Å². The zero-order valence-electron chi connectivity index (χ0n) is 14.9. The van der Waals surface area contributed by atoms with Crippen molar-refractivity contribution in [1.29, 1.82) is 0 Å². The molecule has 0 aliphatic heterocycles. The van der Waals surface area contributed by atoms with Crippen molar-refractivity contribution in [3.05, 3.63) is 82.9 Å². The van der Waals surface area contributed by atoms with E-state index in [2.05, 4.69) is 5.32 Å². The highest BCUT2D eigenvalue weighted by molar-refractivity contribution is 6.30. The molecule has 0 fully saturated rings. The fraction of sp³-hybridized carbons (Fsp3) is 0.182. The highest BCUT2D eigenvalue weighted by Crippen LogP contribution is 2.23. The van der Waals surface area contributed by atoms with Crippen molar-refractivity contribution in [3.8, 4) is 0 Å². The molecule has 0 bridgehead atoms. The number of hydrogen-bond acceptors (Lipinski definition) is 2. The molecular weight excluding hydrogens is 362 g/mol. The standard InChI is InChI=1S/C22H20ClNO3/c1-2-22(21(26)27,14-15-10-12-17(23)13-11-15)24-20(25)19-9-5-7-16-6-3-4-8-18(16)19/h3-13H,2,14H2,1H3,(H,24,25)(H,26,27)/t22-/m0/s1. The van der Waals surface area contributed by atoms with Gasteiger partial charge in [0.2, 0.25) is 0 Å². The highest BCUT2D eigenvalue weighted by Gasteiger charge is 2.39. The van der Waals surface area contributed by atoms with Crippen LogP contribution in [-0.4, -0.2) is 22.5 Å². The first-order chi connectivity index (χ1) is 12.9. The Balaban J connectivity index is 1.95. The van der Waals surface area contributed by atoms with Crippen molar-refractivity contribution in [1.82, 2.24) is 5.32 Å². The number of benzene rings is 3. The van der Waals surface area contributed by atoms with Gasteiger partial charge in [-0.3, -0.25) is 4.79 Å². The van der Waals surface area contributed by atoms with Crippen LogP contribution in [0.3, 0.4) is 0 Å². The molecule has 1 atom stereocenters. The molecule has 0 aliphatic carbocycles. The van der Waals surface area contributed by atoms with Crippen LogP contribution in [-0.2, 0) is 11.2 Å². The van der Waals surface area contributed by atoms with Crippen LogP contribution in [0.1, 0.15) is 29.3 Å². The van der Waals surface area contributed by atoms with Gasteiger partial charge >= 0.3 is 5.97 Å². The molecule has 0 spiro atoms. The van der Waals surface area contributed by atoms with Gasteiger partial charge in [0.1, 0.15) is 5.54 Å². The predicted molar refractivity (Wildman–Crippen MR) is 107 cm³/mol. The minimum Gasteiger partial charge on any atom is -0.479 e. The maximum absolute atomic E-state index is 13.0. The lowest BCUT2D eigenvalue weighted by Gasteiger charge is -2.30. The molecule has 0 saturated carbocycles. The Morgan fingerprint density at radius 1 is 1.00 bits per heavy atom. The summed E-state index contributed by atoms with van der Waals surface area (Å²) in [5, 5.41) is 15.0. The van der Waals surface area contributed by atoms with Crippen LogP contribution in [0, 0.1) is 0 Å². The van der Waals surface area contributed by atoms with Crippen LogP contribution in [0.4, 0.5) is 0 Å². The van der Waals surface area contributed by atoms with Crippen LogP contribution < -0.4 is 5.32 Å². The Kier molecular flexibility index (Phi) is 5.47. The quantitative estimate of drug-likeness (QED) is 0.650. The molecule has 3 aromatic carbocycles. The third-order valence-electron chi connectivity index (χ3n) is 4.82. The third kappa shape index (κ3) is 3.96. The SMILES string of the molecule is CC[C@@](Cc1ccc(Cl)cc1)(NC(=O)c1cccc2ccccc12)C(=O)O. The molecule has 0 aromatic heterocycles. The van der Waals surface area contributed by atoms with Crippen molar-refractivity contribution < 1.29 is 14.7 Å². The molecule has 5 heteroatoms. The molecule has 2 N–H and O–H groups in total. The number of nitrogens with one attached hydrogen (secondary N) is 1. The average molecular weight is 382 g/mol. The minimum atomic E-state index is -1.40. The number of amides is 1. The van der Waals surface area contributed by atoms with Crippen LogP contribution in [0.25, 0.3) is 10.8 Å². The second-order valence-corrected chi connectivity index (χ2v) is 6.96. The van der Waals surface area contributed by atoms with Crippen molar-refractivity contribution in [2.75, 3.05) is 0 Å². The van der Waals surface area contributed by atoms with Crippen molar-refractivity contribution in [2.24, 2.45) is 0 Å². The van der Waals surface area contributed by atoms with E-state index < -0.39 is 17.4 Å². The van der Waals surface area contributed by atoms with E-state index in [1.165, 1.54) is 0 Å². The average Bonchev–Trinajstić information content (AvgIpc) is 2.68. The summed E-state index contributed by atoms with van der Waals surface area (Å²) in [5.74, 6) is -1.46. The van der Waals surface area contributed by atoms with E-state index in [4.69, 9.17) is 11.6 Å². The van der Waals surface area contributed by atoms with E-state index in [0.717, 1.165) is 16.3 Å². The number of carbonyl (C=O) groups excluding carboxylic acids is 1. The van der Waals surface area contributed by atoms with Crippen LogP contribution in [0.2, 0.25) is 5.02 Å². The lowest BCUT2D eigenvalue weighted by Crippen LogP contribution is -2.55. The lowest BCUT2D eigenvalue weighted by molar-refractivity contribution is -0.144. The van der Waals surface area contributed by atoms with Crippen molar-refractivity contribution >= 4 is 34.2 Å². The first-order valence-electron chi connectivity index (χ1n) is 8.73. The number of carboxylic acids is 1. The number of fused-ring (bicyclic) bond motifs is 1. The van der Waals surface area contributed by atoms with Gasteiger partial charge in [-0.2, -0.15) is 0 Å². The molecule has 0 saturated heterocycles. The van der Waals surface area contributed by atoms with Crippen molar-refractivity contribution in [2.45, 2.75) is 25.3 Å². The molecule has 3 aromatic rings. The summed E-state index contributed by atoms with van der Waals surface area (Å²) < 4.78 is 0. The topological polar surface area (TPSA) is 66.4 Å². The van der Waals surface area contributed by atoms with Gasteiger partial charge in [0.05, 0.1) is 0 Å². The number of hydrogen-bond donors (Lipinski definition) is 2. The smallest absolute Gasteiger partial charge is 0.329 e. The molecule has 138 valence electrons. The summed E-state index contributed by atoms with van der Waals surface area (Å²) in [6.07, 6.45) is 0.425. The Hall–Kier alpha value is -2.85. The summed E-state index contributed by atoms with van der Waals surface area (Å²) in [6, 6.07) is 19.9. The van der Waals surface area contributed by atoms with E-state index in [1.807, 2.05) is 30.3 Å². The number of carbonyl (C=O) groups is 2. The zero-order chi connectivity index (χ0) is 19.4. The Labute approximate surface area is 162 Å². The molecule has 3 rings (SSSR count). The normalized spacial score (nSPS) is 13.1. The zero-order valence-corrected chi connectivity index (χ0v) is 15.7. The number of carboxylic acid groups (broad SMARTS) is 1. The fourth-order valence-electron chi connectivity index (χ4n) is 3.20. The van der Waals surface area contributed by atoms with Gasteiger partial charge in [-0.15, -0.1) is 0 Å². The lowest BCUT2D eigenvalue weighted by atomic mass is 9.87. The van der Waals surface area contributed by atoms with Crippen molar-refractivity contribution in [3.63, 3.8) is 0 Å². The van der Waals surface area contributed by atoms with Gasteiger partial charge < -0.3 is 10.4 Å². The molecule has 0 unspecified atom stereocenters. The summed E-state index contributed by atoms with van der Waals surface area (Å²) >= 11 is 5.91. The summed E-state index contributed by atoms with van der Waals surface area (Å²) in [7, 11) is 0. The molecular formula is C22H20ClNO3. The fourth-order valence-corrected chi connectivity index (χ4v) is 3.32. The molecule has 4 nitrogen and oxygen atoms in total. The van der Waals surface area contributed by atoms with Gasteiger partial charge in [-0.25, -0.2) is 4.79 Å². The van der Waals surface area contributed by atoms with Gasteiger partial charge in [0, 0.05) is 17.0 Å². The largest absolute Gasteiger partial charge is 0.479 e. The molecule has 27 heavy (non-hydrogen) atoms. The second kappa shape index (κ2) is 7.80. The first-order valence-corrected chi connectivity index (χ1v) is 9.11. The number of halogens is 1. The second-order valence-electron chi connectivity index (χ2n) is 6.52. The van der Waals surface area contributed by atoms with E-state index in [-0.39, 0.29) is 12.8 Å². The first kappa shape index (κ1) is 18.9. The Bertz CT molecular complexity index is 979. The Morgan fingerprint density at radius 2 is 1.67 bits per heavy atom. The summed E-state index contributed by atoms with van der Waals surface area (Å²) in [4.78, 5) is 25.1. The summed E-state index contributed by atoms with van der Waals surface area (Å²) in [6.45, 7) is 1.76. The maximum Gasteiger partial charge on any atom is 0.329 e. The number of aliphatic carboxylic acids is 1. The van der Waals surface area contributed by atoms with E-state index in [9.17, 15) is 14.7 Å². The van der Waals surface area contributed by atoms with E-state index in [1.54, 1.807) is 43.3 Å². The predicted octanol–water partition coefficient (Wildman–Crippen LogP) is 4.70. The van der Waals surface area contributed by atoms with Gasteiger partial charge in [0.25, 0.3) is 5.91 Å². The van der Waals surface area contributed by atoms with Gasteiger partial charge in [-0.05, 0) is 41.0 Å². The van der Waals surface area contributed by atoms with E-state index in [0.29, 0.717) is 10.6 Å². The molecule has 0 aliphatic rings. The third-order valence-corrected chi connectivity index (χ3v) is 5.07. The monoisotopic (exact) mass is 381 g/mol. The molecule has 1 amide bonds. The summed E-state index contributed by atoms with van der Waals surface area (Å²) in [5.41, 5.74) is -0.146. The van der Waals surface area contributed by atoms with Crippen LogP contribution >= 0.6 is 11.6 Å². The minimum absolute atomic E-state index is 0.173. The van der Waals surface area contributed by atoms with Crippen LogP contribution in [0.5, 0.6) is 0 Å². The van der Waals surface area contributed by atoms with Crippen LogP contribution in [0.15, 0.2) is 66.7 Å². The maximum atomic E-state index is 13.0. The van der Waals surface area contributed by atoms with Gasteiger partial charge in [-0.1, -0.05) is 67.1 Å². The molecule has 0 heterocycles. The number of rotatable bonds is 6. The Morgan fingerprint density at radius 3 is 2.33 bits per heavy atom.